The predicted octanol–water partition coefficient (Wildman–Crippen LogP) is 3.42. The van der Waals surface area contributed by atoms with Gasteiger partial charge < -0.3 is 14.9 Å². The minimum absolute atomic E-state index is 0.0341. The van der Waals surface area contributed by atoms with Gasteiger partial charge in [-0.3, -0.25) is 0 Å². The second-order valence-corrected chi connectivity index (χ2v) is 5.50. The fourth-order valence-corrected chi connectivity index (χ4v) is 2.37. The zero-order valence-electron chi connectivity index (χ0n) is 12.4. The smallest absolute Gasteiger partial charge is 0.245 e. The Morgan fingerprint density at radius 1 is 1.09 bits per heavy atom. The van der Waals surface area contributed by atoms with Gasteiger partial charge in [0.2, 0.25) is 5.89 Å². The van der Waals surface area contributed by atoms with Gasteiger partial charge in [-0.15, -0.1) is 0 Å². The molecule has 5 nitrogen and oxygen atoms in total. The van der Waals surface area contributed by atoms with Crippen LogP contribution in [-0.4, -0.2) is 15.2 Å². The van der Waals surface area contributed by atoms with Crippen molar-refractivity contribution in [1.29, 1.82) is 0 Å². The number of aliphatic hydroxyl groups excluding tert-OH is 1. The molecular weight excluding hydrogens is 314 g/mol. The lowest BCUT2D eigenvalue weighted by Crippen LogP contribution is -2.01. The number of benzene rings is 2. The largest absolute Gasteiger partial charge is 0.392 e. The molecular formula is C17H16ClN3O2. The summed E-state index contributed by atoms with van der Waals surface area (Å²) in [4.78, 5) is 4.36. The van der Waals surface area contributed by atoms with Crippen LogP contribution in [0.1, 0.15) is 22.8 Å². The minimum Gasteiger partial charge on any atom is -0.392 e. The second kappa shape index (κ2) is 7.26. The van der Waals surface area contributed by atoms with Gasteiger partial charge in [-0.1, -0.05) is 53.2 Å². The Bertz CT molecular complexity index is 775. The Morgan fingerprint density at radius 2 is 1.91 bits per heavy atom. The van der Waals surface area contributed by atoms with Gasteiger partial charge in [0.15, 0.2) is 5.82 Å². The molecule has 0 fully saturated rings. The van der Waals surface area contributed by atoms with E-state index in [-0.39, 0.29) is 6.61 Å². The van der Waals surface area contributed by atoms with Gasteiger partial charge in [0.05, 0.1) is 23.9 Å². The van der Waals surface area contributed by atoms with Crippen molar-refractivity contribution in [3.05, 3.63) is 76.4 Å². The first kappa shape index (κ1) is 15.5. The average molecular weight is 330 g/mol. The van der Waals surface area contributed by atoms with Gasteiger partial charge in [-0.05, 0) is 23.3 Å². The first-order chi connectivity index (χ1) is 11.2. The number of hydrogen-bond donors (Lipinski definition) is 2. The molecule has 23 heavy (non-hydrogen) atoms. The SMILES string of the molecule is OCc1ccc(Cl)c(NCc2nc(Cc3ccccc3)no2)c1. The second-order valence-electron chi connectivity index (χ2n) is 5.09. The summed E-state index contributed by atoms with van der Waals surface area (Å²) in [5.41, 5.74) is 2.64. The van der Waals surface area contributed by atoms with E-state index in [1.807, 2.05) is 30.3 Å². The zero-order chi connectivity index (χ0) is 16.1. The van der Waals surface area contributed by atoms with E-state index in [2.05, 4.69) is 15.5 Å². The molecule has 1 aromatic heterocycles. The molecule has 118 valence electrons. The van der Waals surface area contributed by atoms with Crippen LogP contribution in [-0.2, 0) is 19.6 Å². The number of rotatable bonds is 6. The van der Waals surface area contributed by atoms with Crippen molar-refractivity contribution in [2.75, 3.05) is 5.32 Å². The molecule has 0 saturated carbocycles. The van der Waals surface area contributed by atoms with Crippen LogP contribution < -0.4 is 5.32 Å². The maximum atomic E-state index is 9.17. The number of aliphatic hydroxyl groups is 1. The Morgan fingerprint density at radius 3 is 2.70 bits per heavy atom. The van der Waals surface area contributed by atoms with Crippen LogP contribution >= 0.6 is 11.6 Å². The molecule has 0 amide bonds. The summed E-state index contributed by atoms with van der Waals surface area (Å²) < 4.78 is 5.24. The van der Waals surface area contributed by atoms with Crippen LogP contribution in [0.15, 0.2) is 53.1 Å². The molecule has 1 heterocycles. The lowest BCUT2D eigenvalue weighted by atomic mass is 10.1. The standard InChI is InChI=1S/C17H16ClN3O2/c18-14-7-6-13(11-22)8-15(14)19-10-17-20-16(21-23-17)9-12-4-2-1-3-5-12/h1-8,19,22H,9-11H2. The number of anilines is 1. The maximum absolute atomic E-state index is 9.17. The molecule has 0 aliphatic rings. The van der Waals surface area contributed by atoms with E-state index in [1.54, 1.807) is 18.2 Å². The van der Waals surface area contributed by atoms with E-state index >= 15 is 0 Å². The minimum atomic E-state index is -0.0341. The van der Waals surface area contributed by atoms with E-state index in [0.717, 1.165) is 16.8 Å². The number of nitrogens with zero attached hydrogens (tertiary/aromatic N) is 2. The zero-order valence-corrected chi connectivity index (χ0v) is 13.1. The summed E-state index contributed by atoms with van der Waals surface area (Å²) in [5, 5.41) is 16.9. The molecule has 0 saturated heterocycles. The fraction of sp³-hybridized carbons (Fsp3) is 0.176. The molecule has 2 N–H and O–H groups in total. The Kier molecular flexibility index (Phi) is 4.90. The van der Waals surface area contributed by atoms with Crippen molar-refractivity contribution >= 4 is 17.3 Å². The van der Waals surface area contributed by atoms with Gasteiger partial charge in [-0.2, -0.15) is 4.98 Å². The molecule has 6 heteroatoms. The lowest BCUT2D eigenvalue weighted by molar-refractivity contribution is 0.282. The normalized spacial score (nSPS) is 10.7. The molecule has 0 bridgehead atoms. The van der Waals surface area contributed by atoms with E-state index in [4.69, 9.17) is 21.2 Å². The van der Waals surface area contributed by atoms with Crippen molar-refractivity contribution in [2.45, 2.75) is 19.6 Å². The first-order valence-electron chi connectivity index (χ1n) is 7.23. The molecule has 0 radical (unpaired) electrons. The van der Waals surface area contributed by atoms with Crippen molar-refractivity contribution < 1.29 is 9.63 Å². The molecule has 0 aliphatic heterocycles. The highest BCUT2D eigenvalue weighted by Crippen LogP contribution is 2.23. The summed E-state index contributed by atoms with van der Waals surface area (Å²) in [7, 11) is 0. The van der Waals surface area contributed by atoms with Crippen LogP contribution in [0, 0.1) is 0 Å². The number of nitrogens with one attached hydrogen (secondary N) is 1. The van der Waals surface area contributed by atoms with Crippen LogP contribution in [0.4, 0.5) is 5.69 Å². The van der Waals surface area contributed by atoms with E-state index in [1.165, 1.54) is 0 Å². The maximum Gasteiger partial charge on any atom is 0.245 e. The third-order valence-electron chi connectivity index (χ3n) is 3.36. The summed E-state index contributed by atoms with van der Waals surface area (Å²) >= 11 is 6.12. The molecule has 0 unspecified atom stereocenters. The molecule has 0 atom stereocenters. The number of aromatic nitrogens is 2. The summed E-state index contributed by atoms with van der Waals surface area (Å²) in [6, 6.07) is 15.3. The molecule has 0 aliphatic carbocycles. The molecule has 2 aromatic carbocycles. The number of halogens is 1. The Labute approximate surface area is 138 Å². The summed E-state index contributed by atoms with van der Waals surface area (Å²) in [6.07, 6.45) is 0.630. The fourth-order valence-electron chi connectivity index (χ4n) is 2.19. The third-order valence-corrected chi connectivity index (χ3v) is 3.69. The summed E-state index contributed by atoms with van der Waals surface area (Å²) in [6.45, 7) is 0.337. The molecule has 3 aromatic rings. The van der Waals surface area contributed by atoms with Crippen molar-refractivity contribution in [3.63, 3.8) is 0 Å². The van der Waals surface area contributed by atoms with Gasteiger partial charge in [-0.25, -0.2) is 0 Å². The topological polar surface area (TPSA) is 71.2 Å². The van der Waals surface area contributed by atoms with Crippen molar-refractivity contribution in [1.82, 2.24) is 10.1 Å². The van der Waals surface area contributed by atoms with E-state index in [0.29, 0.717) is 29.7 Å². The highest BCUT2D eigenvalue weighted by atomic mass is 35.5. The van der Waals surface area contributed by atoms with Gasteiger partial charge in [0.1, 0.15) is 0 Å². The molecule has 3 rings (SSSR count). The number of hydrogen-bond acceptors (Lipinski definition) is 5. The first-order valence-corrected chi connectivity index (χ1v) is 7.61. The third kappa shape index (κ3) is 4.09. The molecule has 0 spiro atoms. The van der Waals surface area contributed by atoms with Gasteiger partial charge >= 0.3 is 0 Å². The van der Waals surface area contributed by atoms with E-state index in [9.17, 15) is 0 Å². The average Bonchev–Trinajstić information content (AvgIpc) is 3.02. The lowest BCUT2D eigenvalue weighted by Gasteiger charge is -2.07. The Hall–Kier alpha value is -2.37. The van der Waals surface area contributed by atoms with Crippen LogP contribution in [0.25, 0.3) is 0 Å². The van der Waals surface area contributed by atoms with E-state index < -0.39 is 0 Å². The quantitative estimate of drug-likeness (QED) is 0.725. The van der Waals surface area contributed by atoms with Crippen LogP contribution in [0.3, 0.4) is 0 Å². The monoisotopic (exact) mass is 329 g/mol. The predicted molar refractivity (Wildman–Crippen MR) is 88.2 cm³/mol. The van der Waals surface area contributed by atoms with Crippen molar-refractivity contribution in [3.8, 4) is 0 Å². The van der Waals surface area contributed by atoms with Gasteiger partial charge in [0.25, 0.3) is 0 Å². The highest BCUT2D eigenvalue weighted by Gasteiger charge is 2.08. The van der Waals surface area contributed by atoms with Crippen LogP contribution in [0.5, 0.6) is 0 Å². The van der Waals surface area contributed by atoms with Crippen molar-refractivity contribution in [2.24, 2.45) is 0 Å². The Balaban J connectivity index is 1.63. The van der Waals surface area contributed by atoms with Gasteiger partial charge in [0, 0.05) is 6.42 Å². The van der Waals surface area contributed by atoms with Crippen LogP contribution in [0.2, 0.25) is 5.02 Å². The highest BCUT2D eigenvalue weighted by molar-refractivity contribution is 6.33. The summed E-state index contributed by atoms with van der Waals surface area (Å²) in [5.74, 6) is 1.13.